The van der Waals surface area contributed by atoms with Gasteiger partial charge in [-0.25, -0.2) is 4.79 Å². The highest BCUT2D eigenvalue weighted by Crippen LogP contribution is 2.39. The summed E-state index contributed by atoms with van der Waals surface area (Å²) in [5.74, 6) is -0.446. The standard InChI is InChI=1S/C41H67N3O7Si/c1-13-47-33(5)50-41(9)23-22-34(51-52(11,12)40(6,7)8)29-37(45)49-38(31(3)18-16-17-30(2)35-19-14-15-24-42-35)32(4)20-21-36(41)48-39(46)44-27-25-43(10)26-28-44/h14-21,24,30,32-34,36,38H,13,22-23,25-29H2,1-12H3/b17-16+,21-20+,31-18+/t30-,32+,33?,34-,36-,38-,41-/m1/s1. The van der Waals surface area contributed by atoms with Crippen molar-refractivity contribution >= 4 is 20.4 Å². The number of allylic oxidation sites excluding steroid dienone is 3. The second-order valence-corrected chi connectivity index (χ2v) is 21.0. The van der Waals surface area contributed by atoms with Crippen LogP contribution in [0.25, 0.3) is 0 Å². The second-order valence-electron chi connectivity index (χ2n) is 16.3. The first-order valence-electron chi connectivity index (χ1n) is 19.1. The summed E-state index contributed by atoms with van der Waals surface area (Å²) in [5, 5.41) is -0.0672. The molecule has 292 valence electrons. The van der Waals surface area contributed by atoms with Gasteiger partial charge in [0.2, 0.25) is 0 Å². The maximum Gasteiger partial charge on any atom is 0.410 e. The third-order valence-electron chi connectivity index (χ3n) is 10.7. The fourth-order valence-corrected chi connectivity index (χ4v) is 7.67. The van der Waals surface area contributed by atoms with Crippen LogP contribution in [0.2, 0.25) is 18.1 Å². The number of hydrogen-bond donors (Lipinski definition) is 0. The maximum atomic E-state index is 13.8. The number of esters is 1. The summed E-state index contributed by atoms with van der Waals surface area (Å²) >= 11 is 0. The minimum atomic E-state index is -2.29. The average Bonchev–Trinajstić information content (AvgIpc) is 3.07. The molecule has 3 rings (SSSR count). The van der Waals surface area contributed by atoms with Gasteiger partial charge in [0.05, 0.1) is 12.5 Å². The number of piperazine rings is 1. The Morgan fingerprint density at radius 2 is 1.85 bits per heavy atom. The van der Waals surface area contributed by atoms with Crippen molar-refractivity contribution in [2.45, 2.75) is 136 Å². The first kappa shape index (κ1) is 43.6. The van der Waals surface area contributed by atoms with Crippen molar-refractivity contribution in [3.8, 4) is 0 Å². The number of likely N-dealkylation sites (N-methyl/N-ethyl adjacent to an activating group) is 1. The van der Waals surface area contributed by atoms with E-state index in [2.05, 4.69) is 63.8 Å². The third kappa shape index (κ3) is 12.9. The fourth-order valence-electron chi connectivity index (χ4n) is 6.28. The Kier molecular flexibility index (Phi) is 16.3. The van der Waals surface area contributed by atoms with E-state index in [1.807, 2.05) is 77.1 Å². The lowest BCUT2D eigenvalue weighted by atomic mass is 9.88. The first-order valence-corrected chi connectivity index (χ1v) is 22.0. The number of amides is 1. The number of pyridine rings is 1. The van der Waals surface area contributed by atoms with E-state index >= 15 is 0 Å². The second kappa shape index (κ2) is 19.5. The quantitative estimate of drug-likeness (QED) is 0.0730. The SMILES string of the molecule is CCOC(C)O[C@]1(C)CC[C@@H](O[Si](C)(C)C(C)(C)C)CC(=O)O[C@H](/C(C)=C/C=C/[C@@H](C)c2ccccn2)[C@@H](C)/C=C/[C@H]1OC(=O)N1CCN(C)CC1. The Hall–Kier alpha value is -2.83. The Balaban J connectivity index is 2.05. The molecule has 1 saturated heterocycles. The fraction of sp³-hybridized carbons (Fsp3) is 0.683. The van der Waals surface area contributed by atoms with Gasteiger partial charge in [-0.1, -0.05) is 65.0 Å². The van der Waals surface area contributed by atoms with Gasteiger partial charge in [-0.05, 0) is 89.5 Å². The zero-order chi connectivity index (χ0) is 38.7. The topological polar surface area (TPSA) is 99.7 Å². The molecule has 7 atom stereocenters. The molecule has 10 nitrogen and oxygen atoms in total. The van der Waals surface area contributed by atoms with Crippen LogP contribution in [-0.2, 0) is 28.2 Å². The van der Waals surface area contributed by atoms with E-state index in [4.69, 9.17) is 23.4 Å². The van der Waals surface area contributed by atoms with Crippen molar-refractivity contribution in [3.05, 3.63) is 66.0 Å². The Labute approximate surface area is 315 Å². The van der Waals surface area contributed by atoms with Crippen LogP contribution in [0.1, 0.15) is 93.2 Å². The Morgan fingerprint density at radius 3 is 2.46 bits per heavy atom. The zero-order valence-electron chi connectivity index (χ0n) is 34.0. The van der Waals surface area contributed by atoms with Crippen LogP contribution >= 0.6 is 0 Å². The minimum Gasteiger partial charge on any atom is -0.457 e. The van der Waals surface area contributed by atoms with Crippen molar-refractivity contribution in [2.75, 3.05) is 39.8 Å². The molecule has 1 amide bonds. The van der Waals surface area contributed by atoms with Crippen LogP contribution in [0.3, 0.4) is 0 Å². The van der Waals surface area contributed by atoms with Gasteiger partial charge in [-0.15, -0.1) is 0 Å². The van der Waals surface area contributed by atoms with Gasteiger partial charge < -0.3 is 33.2 Å². The van der Waals surface area contributed by atoms with Crippen LogP contribution < -0.4 is 0 Å². The summed E-state index contributed by atoms with van der Waals surface area (Å²) < 4.78 is 32.1. The van der Waals surface area contributed by atoms with Gasteiger partial charge in [-0.2, -0.15) is 0 Å². The first-order chi connectivity index (χ1) is 24.3. The van der Waals surface area contributed by atoms with Crippen molar-refractivity contribution in [1.82, 2.24) is 14.8 Å². The normalized spacial score (nSPS) is 28.0. The zero-order valence-corrected chi connectivity index (χ0v) is 35.0. The number of nitrogens with zero attached hydrogens (tertiary/aromatic N) is 3. The predicted octanol–water partition coefficient (Wildman–Crippen LogP) is 8.28. The van der Waals surface area contributed by atoms with Crippen LogP contribution in [0.5, 0.6) is 0 Å². The molecule has 0 N–H and O–H groups in total. The molecule has 0 saturated carbocycles. The molecule has 2 aliphatic rings. The van der Waals surface area contributed by atoms with E-state index in [0.717, 1.165) is 24.4 Å². The molecule has 0 spiro atoms. The van der Waals surface area contributed by atoms with E-state index < -0.39 is 38.5 Å². The highest BCUT2D eigenvalue weighted by molar-refractivity contribution is 6.74. The van der Waals surface area contributed by atoms with Gasteiger partial charge in [0, 0.05) is 56.5 Å². The lowest BCUT2D eigenvalue weighted by Gasteiger charge is -2.42. The summed E-state index contributed by atoms with van der Waals surface area (Å²) in [6, 6.07) is 5.90. The summed E-state index contributed by atoms with van der Waals surface area (Å²) in [7, 11) is -0.238. The molecule has 1 unspecified atom stereocenters. The molecule has 0 radical (unpaired) electrons. The van der Waals surface area contributed by atoms with Crippen molar-refractivity contribution in [3.63, 3.8) is 0 Å². The molecular weight excluding hydrogens is 675 g/mol. The molecule has 1 aromatic heterocycles. The van der Waals surface area contributed by atoms with Gasteiger partial charge in [0.1, 0.15) is 11.7 Å². The number of ether oxygens (including phenoxy) is 4. The summed E-state index contributed by atoms with van der Waals surface area (Å²) in [4.78, 5) is 36.0. The number of hydrogen-bond acceptors (Lipinski definition) is 9. The van der Waals surface area contributed by atoms with E-state index in [-0.39, 0.29) is 35.4 Å². The highest BCUT2D eigenvalue weighted by Gasteiger charge is 2.44. The number of cyclic esters (lactones) is 1. The van der Waals surface area contributed by atoms with E-state index in [1.165, 1.54) is 0 Å². The van der Waals surface area contributed by atoms with Crippen molar-refractivity contribution in [2.24, 2.45) is 5.92 Å². The lowest BCUT2D eigenvalue weighted by Crippen LogP contribution is -2.52. The van der Waals surface area contributed by atoms with Crippen LogP contribution in [-0.4, -0.2) is 105 Å². The van der Waals surface area contributed by atoms with Gasteiger partial charge in [0.25, 0.3) is 0 Å². The maximum absolute atomic E-state index is 13.8. The number of rotatable bonds is 11. The van der Waals surface area contributed by atoms with Crippen molar-refractivity contribution < 1.29 is 33.0 Å². The Bertz CT molecular complexity index is 1370. The molecule has 1 fully saturated rings. The average molecular weight is 742 g/mol. The van der Waals surface area contributed by atoms with E-state index in [9.17, 15) is 9.59 Å². The van der Waals surface area contributed by atoms with Crippen LogP contribution in [0, 0.1) is 5.92 Å². The molecule has 52 heavy (non-hydrogen) atoms. The van der Waals surface area contributed by atoms with Crippen LogP contribution in [0.15, 0.2) is 60.3 Å². The van der Waals surface area contributed by atoms with Gasteiger partial charge in [0.15, 0.2) is 20.7 Å². The minimum absolute atomic E-state index is 0.0672. The lowest BCUT2D eigenvalue weighted by molar-refractivity contribution is -0.222. The molecule has 11 heteroatoms. The molecule has 0 bridgehead atoms. The molecule has 2 aliphatic heterocycles. The largest absolute Gasteiger partial charge is 0.457 e. The Morgan fingerprint density at radius 1 is 1.15 bits per heavy atom. The van der Waals surface area contributed by atoms with E-state index in [1.54, 1.807) is 11.1 Å². The van der Waals surface area contributed by atoms with Crippen LogP contribution in [0.4, 0.5) is 4.79 Å². The summed E-state index contributed by atoms with van der Waals surface area (Å²) in [6.07, 6.45) is 10.2. The molecular formula is C41H67N3O7Si. The molecule has 0 aliphatic carbocycles. The molecule has 1 aromatic rings. The monoisotopic (exact) mass is 741 g/mol. The predicted molar refractivity (Wildman–Crippen MR) is 210 cm³/mol. The third-order valence-corrected chi connectivity index (χ3v) is 15.3. The smallest absolute Gasteiger partial charge is 0.410 e. The van der Waals surface area contributed by atoms with Gasteiger partial charge >= 0.3 is 12.1 Å². The summed E-state index contributed by atoms with van der Waals surface area (Å²) in [6.45, 7) is 26.0. The van der Waals surface area contributed by atoms with E-state index in [0.29, 0.717) is 32.5 Å². The summed E-state index contributed by atoms with van der Waals surface area (Å²) in [5.41, 5.74) is 0.881. The van der Waals surface area contributed by atoms with Gasteiger partial charge in [-0.3, -0.25) is 9.78 Å². The van der Waals surface area contributed by atoms with Crippen molar-refractivity contribution in [1.29, 1.82) is 0 Å². The number of carbonyl (C=O) groups excluding carboxylic acids is 2. The number of carbonyl (C=O) groups is 2. The number of aromatic nitrogens is 1. The molecule has 0 aromatic carbocycles. The highest BCUT2D eigenvalue weighted by atomic mass is 28.4. The molecule has 3 heterocycles.